The summed E-state index contributed by atoms with van der Waals surface area (Å²) >= 11 is 5.99. The van der Waals surface area contributed by atoms with Crippen molar-refractivity contribution >= 4 is 17.5 Å². The maximum Gasteiger partial charge on any atom is 0.241 e. The summed E-state index contributed by atoms with van der Waals surface area (Å²) in [5.41, 5.74) is 3.30. The Morgan fingerprint density at radius 2 is 1.83 bits per heavy atom. The molecule has 2 aromatic carbocycles. The Kier molecular flexibility index (Phi) is 4.07. The molecule has 2 aliphatic rings. The number of nitrogens with zero attached hydrogens (tertiary/aromatic N) is 1. The van der Waals surface area contributed by atoms with E-state index in [9.17, 15) is 4.79 Å². The number of carbonyl (C=O) groups excluding carboxylic acids is 1. The van der Waals surface area contributed by atoms with Crippen molar-refractivity contribution in [2.24, 2.45) is 0 Å². The standard InChI is InChI=1S/C20H21ClN2O/c21-18-8-6-15(7-9-18)14-23-11-3-10-20(23)12-16-4-1-2-5-17(16)13-22-19(20)24/h1-2,4-9H,3,10-14H2,(H,22,24). The summed E-state index contributed by atoms with van der Waals surface area (Å²) < 4.78 is 0. The maximum absolute atomic E-state index is 13.0. The number of fused-ring (bicyclic) bond motifs is 1. The fourth-order valence-electron chi connectivity index (χ4n) is 4.07. The van der Waals surface area contributed by atoms with Crippen LogP contribution in [-0.4, -0.2) is 22.9 Å². The molecule has 1 atom stereocenters. The highest BCUT2D eigenvalue weighted by Gasteiger charge is 2.48. The highest BCUT2D eigenvalue weighted by Crippen LogP contribution is 2.36. The van der Waals surface area contributed by atoms with Gasteiger partial charge in [-0.25, -0.2) is 0 Å². The van der Waals surface area contributed by atoms with E-state index in [4.69, 9.17) is 11.6 Å². The fourth-order valence-corrected chi connectivity index (χ4v) is 4.20. The molecule has 124 valence electrons. The van der Waals surface area contributed by atoms with Crippen LogP contribution >= 0.6 is 11.6 Å². The molecule has 1 fully saturated rings. The summed E-state index contributed by atoms with van der Waals surface area (Å²) in [7, 11) is 0. The zero-order valence-electron chi connectivity index (χ0n) is 13.6. The van der Waals surface area contributed by atoms with Gasteiger partial charge in [-0.3, -0.25) is 9.69 Å². The van der Waals surface area contributed by atoms with E-state index in [1.165, 1.54) is 16.7 Å². The minimum absolute atomic E-state index is 0.171. The Hall–Kier alpha value is -1.84. The van der Waals surface area contributed by atoms with Crippen LogP contribution in [0.5, 0.6) is 0 Å². The van der Waals surface area contributed by atoms with Crippen LogP contribution in [0.2, 0.25) is 5.02 Å². The van der Waals surface area contributed by atoms with Gasteiger partial charge in [-0.1, -0.05) is 48.0 Å². The summed E-state index contributed by atoms with van der Waals surface area (Å²) in [6, 6.07) is 16.3. The number of hydrogen-bond donors (Lipinski definition) is 1. The molecule has 2 heterocycles. The Balaban J connectivity index is 1.66. The molecule has 0 aromatic heterocycles. The minimum Gasteiger partial charge on any atom is -0.350 e. The SMILES string of the molecule is O=C1NCc2ccccc2CC12CCCN2Cc1ccc(Cl)cc1. The molecule has 1 unspecified atom stereocenters. The van der Waals surface area contributed by atoms with Crippen LogP contribution in [-0.2, 0) is 24.3 Å². The zero-order chi connectivity index (χ0) is 16.6. The lowest BCUT2D eigenvalue weighted by atomic mass is 9.86. The number of halogens is 1. The fraction of sp³-hybridized carbons (Fsp3) is 0.350. The van der Waals surface area contributed by atoms with Crippen LogP contribution < -0.4 is 5.32 Å². The molecule has 0 aliphatic carbocycles. The molecule has 24 heavy (non-hydrogen) atoms. The molecule has 2 aromatic rings. The molecule has 0 saturated carbocycles. The molecule has 0 bridgehead atoms. The number of nitrogens with one attached hydrogen (secondary N) is 1. The van der Waals surface area contributed by atoms with Crippen LogP contribution in [0.15, 0.2) is 48.5 Å². The van der Waals surface area contributed by atoms with Gasteiger partial charge in [0.05, 0.1) is 0 Å². The molecule has 2 aliphatic heterocycles. The van der Waals surface area contributed by atoms with E-state index >= 15 is 0 Å². The van der Waals surface area contributed by atoms with E-state index in [0.717, 1.165) is 37.4 Å². The number of rotatable bonds is 2. The van der Waals surface area contributed by atoms with Gasteiger partial charge in [0.2, 0.25) is 5.91 Å². The zero-order valence-corrected chi connectivity index (χ0v) is 14.4. The Labute approximate surface area is 147 Å². The second kappa shape index (κ2) is 6.23. The van der Waals surface area contributed by atoms with Gasteiger partial charge < -0.3 is 5.32 Å². The molecule has 4 heteroatoms. The molecular weight excluding hydrogens is 320 g/mol. The summed E-state index contributed by atoms with van der Waals surface area (Å²) in [5.74, 6) is 0.171. The maximum atomic E-state index is 13.0. The number of likely N-dealkylation sites (tertiary alicyclic amines) is 1. The molecular formula is C20H21ClN2O. The van der Waals surface area contributed by atoms with E-state index in [-0.39, 0.29) is 5.91 Å². The summed E-state index contributed by atoms with van der Waals surface area (Å²) in [6.45, 7) is 2.37. The Bertz CT molecular complexity index is 758. The van der Waals surface area contributed by atoms with Crippen molar-refractivity contribution in [1.29, 1.82) is 0 Å². The van der Waals surface area contributed by atoms with Gasteiger partial charge in [0.1, 0.15) is 5.54 Å². The van der Waals surface area contributed by atoms with Crippen LogP contribution in [0.25, 0.3) is 0 Å². The van der Waals surface area contributed by atoms with Crippen LogP contribution in [0, 0.1) is 0 Å². The average Bonchev–Trinajstić information content (AvgIpc) is 2.92. The number of benzene rings is 2. The van der Waals surface area contributed by atoms with Crippen molar-refractivity contribution in [2.75, 3.05) is 6.54 Å². The predicted octanol–water partition coefficient (Wildman–Crippen LogP) is 3.55. The second-order valence-corrected chi connectivity index (χ2v) is 7.25. The minimum atomic E-state index is -0.424. The molecule has 1 amide bonds. The number of hydrogen-bond acceptors (Lipinski definition) is 2. The van der Waals surface area contributed by atoms with Crippen molar-refractivity contribution < 1.29 is 4.79 Å². The van der Waals surface area contributed by atoms with Crippen molar-refractivity contribution in [3.05, 3.63) is 70.2 Å². The van der Waals surface area contributed by atoms with Gasteiger partial charge in [0, 0.05) is 24.5 Å². The van der Waals surface area contributed by atoms with E-state index in [2.05, 4.69) is 40.5 Å². The number of amides is 1. The topological polar surface area (TPSA) is 32.3 Å². The average molecular weight is 341 g/mol. The van der Waals surface area contributed by atoms with Gasteiger partial charge in [0.25, 0.3) is 0 Å². The van der Waals surface area contributed by atoms with Gasteiger partial charge in [0.15, 0.2) is 0 Å². The molecule has 1 saturated heterocycles. The first kappa shape index (κ1) is 15.7. The number of carbonyl (C=O) groups is 1. The summed E-state index contributed by atoms with van der Waals surface area (Å²) in [4.78, 5) is 15.3. The third-order valence-corrected chi connectivity index (χ3v) is 5.63. The third-order valence-electron chi connectivity index (χ3n) is 5.37. The van der Waals surface area contributed by atoms with E-state index < -0.39 is 5.54 Å². The largest absolute Gasteiger partial charge is 0.350 e. The lowest BCUT2D eigenvalue weighted by molar-refractivity contribution is -0.132. The van der Waals surface area contributed by atoms with Crippen molar-refractivity contribution in [2.45, 2.75) is 37.9 Å². The van der Waals surface area contributed by atoms with Crippen molar-refractivity contribution in [3.8, 4) is 0 Å². The summed E-state index contributed by atoms with van der Waals surface area (Å²) in [5, 5.41) is 3.90. The Morgan fingerprint density at radius 1 is 1.08 bits per heavy atom. The molecule has 4 rings (SSSR count). The van der Waals surface area contributed by atoms with E-state index in [1.807, 2.05) is 18.2 Å². The monoisotopic (exact) mass is 340 g/mol. The van der Waals surface area contributed by atoms with Gasteiger partial charge in [-0.05, 0) is 48.2 Å². The molecule has 0 radical (unpaired) electrons. The van der Waals surface area contributed by atoms with Crippen molar-refractivity contribution in [1.82, 2.24) is 10.2 Å². The third kappa shape index (κ3) is 2.72. The predicted molar refractivity (Wildman–Crippen MR) is 95.8 cm³/mol. The lowest BCUT2D eigenvalue weighted by Gasteiger charge is -2.36. The lowest BCUT2D eigenvalue weighted by Crippen LogP contribution is -2.55. The van der Waals surface area contributed by atoms with Crippen LogP contribution in [0.1, 0.15) is 29.5 Å². The highest BCUT2D eigenvalue weighted by molar-refractivity contribution is 6.30. The smallest absolute Gasteiger partial charge is 0.241 e. The quantitative estimate of drug-likeness (QED) is 0.906. The summed E-state index contributed by atoms with van der Waals surface area (Å²) in [6.07, 6.45) is 2.77. The highest BCUT2D eigenvalue weighted by atomic mass is 35.5. The van der Waals surface area contributed by atoms with E-state index in [0.29, 0.717) is 6.54 Å². The van der Waals surface area contributed by atoms with Crippen LogP contribution in [0.4, 0.5) is 0 Å². The van der Waals surface area contributed by atoms with Gasteiger partial charge >= 0.3 is 0 Å². The van der Waals surface area contributed by atoms with E-state index in [1.54, 1.807) is 0 Å². The first-order chi connectivity index (χ1) is 11.7. The second-order valence-electron chi connectivity index (χ2n) is 6.81. The molecule has 3 nitrogen and oxygen atoms in total. The first-order valence-corrected chi connectivity index (χ1v) is 8.90. The van der Waals surface area contributed by atoms with Gasteiger partial charge in [-0.2, -0.15) is 0 Å². The van der Waals surface area contributed by atoms with Crippen molar-refractivity contribution in [3.63, 3.8) is 0 Å². The Morgan fingerprint density at radius 3 is 2.62 bits per heavy atom. The first-order valence-electron chi connectivity index (χ1n) is 8.52. The van der Waals surface area contributed by atoms with Gasteiger partial charge in [-0.15, -0.1) is 0 Å². The molecule has 1 spiro atoms. The normalized spacial score (nSPS) is 23.8. The van der Waals surface area contributed by atoms with Crippen LogP contribution in [0.3, 0.4) is 0 Å². The molecule has 1 N–H and O–H groups in total.